The van der Waals surface area contributed by atoms with Crippen LogP contribution in [0.1, 0.15) is 54.9 Å². The maximum atomic E-state index is 13.8. The van der Waals surface area contributed by atoms with Crippen molar-refractivity contribution in [3.05, 3.63) is 41.3 Å². The number of nitrogens with zero attached hydrogens (tertiary/aromatic N) is 3. The second kappa shape index (κ2) is 5.54. The molecule has 2 fully saturated rings. The highest BCUT2D eigenvalue weighted by atomic mass is 19.1. The van der Waals surface area contributed by atoms with Gasteiger partial charge >= 0.3 is 0 Å². The van der Waals surface area contributed by atoms with E-state index in [-0.39, 0.29) is 17.7 Å². The van der Waals surface area contributed by atoms with Gasteiger partial charge in [-0.15, -0.1) is 0 Å². The molecule has 5 rings (SSSR count). The zero-order valence-electron chi connectivity index (χ0n) is 13.7. The molecule has 3 aliphatic rings. The third-order valence-corrected chi connectivity index (χ3v) is 5.21. The molecule has 2 aromatic rings. The number of benzene rings is 1. The Kier molecular flexibility index (Phi) is 3.29. The highest BCUT2D eigenvalue weighted by molar-refractivity contribution is 5.83. The van der Waals surface area contributed by atoms with Crippen LogP contribution in [0, 0.1) is 5.82 Å². The summed E-state index contributed by atoms with van der Waals surface area (Å²) in [5.41, 5.74) is 0.740. The maximum Gasteiger partial charge on any atom is 0.264 e. The molecule has 0 bridgehead atoms. The summed E-state index contributed by atoms with van der Waals surface area (Å²) < 4.78 is 24.8. The van der Waals surface area contributed by atoms with Gasteiger partial charge in [0.1, 0.15) is 0 Å². The first-order chi connectivity index (χ1) is 12.2. The van der Waals surface area contributed by atoms with E-state index in [2.05, 4.69) is 10.1 Å². The number of halogens is 1. The summed E-state index contributed by atoms with van der Waals surface area (Å²) in [5, 5.41) is 4.09. The lowest BCUT2D eigenvalue weighted by atomic mass is 10.1. The molecule has 1 aliphatic carbocycles. The van der Waals surface area contributed by atoms with Crippen LogP contribution in [0.3, 0.4) is 0 Å². The Labute approximate surface area is 144 Å². The highest BCUT2D eigenvalue weighted by Crippen LogP contribution is 2.41. The van der Waals surface area contributed by atoms with Gasteiger partial charge in [-0.25, -0.2) is 4.39 Å². The molecule has 1 saturated carbocycles. The van der Waals surface area contributed by atoms with Crippen molar-refractivity contribution in [2.24, 2.45) is 0 Å². The second-order valence-electron chi connectivity index (χ2n) is 6.99. The van der Waals surface area contributed by atoms with Crippen molar-refractivity contribution in [3.63, 3.8) is 0 Å². The minimum atomic E-state index is -0.678. The fourth-order valence-corrected chi connectivity index (χ4v) is 3.73. The van der Waals surface area contributed by atoms with E-state index in [9.17, 15) is 9.18 Å². The fourth-order valence-electron chi connectivity index (χ4n) is 3.73. The first-order valence-electron chi connectivity index (χ1n) is 8.79. The van der Waals surface area contributed by atoms with Gasteiger partial charge in [0.2, 0.25) is 5.89 Å². The Balaban J connectivity index is 1.35. The maximum absolute atomic E-state index is 13.8. The number of carbonyl (C=O) groups excluding carboxylic acids is 1. The van der Waals surface area contributed by atoms with Crippen LogP contribution < -0.4 is 4.74 Å². The largest absolute Gasteiger partial charge is 0.477 e. The van der Waals surface area contributed by atoms with E-state index < -0.39 is 11.9 Å². The number of carbonyl (C=O) groups is 1. The number of ether oxygens (including phenoxy) is 1. The molecular weight excluding hydrogens is 325 g/mol. The van der Waals surface area contributed by atoms with E-state index in [0.29, 0.717) is 30.6 Å². The molecule has 2 aliphatic heterocycles. The minimum absolute atomic E-state index is 0.129. The van der Waals surface area contributed by atoms with Gasteiger partial charge in [0, 0.05) is 24.4 Å². The number of hydrogen-bond acceptors (Lipinski definition) is 5. The van der Waals surface area contributed by atoms with Gasteiger partial charge in [-0.2, -0.15) is 4.98 Å². The zero-order valence-corrected chi connectivity index (χ0v) is 13.7. The van der Waals surface area contributed by atoms with Crippen molar-refractivity contribution < 1.29 is 18.4 Å². The zero-order chi connectivity index (χ0) is 17.0. The number of para-hydroxylation sites is 1. The molecule has 2 atom stereocenters. The molecule has 1 aromatic carbocycles. The first-order valence-corrected chi connectivity index (χ1v) is 8.79. The molecule has 7 heteroatoms. The first kappa shape index (κ1) is 14.9. The van der Waals surface area contributed by atoms with E-state index in [0.717, 1.165) is 31.2 Å². The topological polar surface area (TPSA) is 68.5 Å². The van der Waals surface area contributed by atoms with Gasteiger partial charge in [0.25, 0.3) is 5.91 Å². The molecule has 1 aromatic heterocycles. The summed E-state index contributed by atoms with van der Waals surface area (Å²) in [6.45, 7) is 0.634. The van der Waals surface area contributed by atoms with Gasteiger partial charge in [-0.1, -0.05) is 17.3 Å². The van der Waals surface area contributed by atoms with Gasteiger partial charge in [0.05, 0.1) is 6.04 Å². The summed E-state index contributed by atoms with van der Waals surface area (Å²) >= 11 is 0. The van der Waals surface area contributed by atoms with Crippen LogP contribution in [0.4, 0.5) is 4.39 Å². The van der Waals surface area contributed by atoms with Crippen LogP contribution in [0.15, 0.2) is 22.7 Å². The number of fused-ring (bicyclic) bond motifs is 1. The quantitative estimate of drug-likeness (QED) is 0.857. The Morgan fingerprint density at radius 2 is 2.16 bits per heavy atom. The highest BCUT2D eigenvalue weighted by Gasteiger charge is 2.41. The molecule has 130 valence electrons. The normalized spacial score (nSPS) is 25.1. The monoisotopic (exact) mass is 343 g/mol. The van der Waals surface area contributed by atoms with E-state index in [4.69, 9.17) is 9.26 Å². The predicted molar refractivity (Wildman–Crippen MR) is 84.5 cm³/mol. The van der Waals surface area contributed by atoms with Gasteiger partial charge in [0.15, 0.2) is 23.5 Å². The molecule has 1 saturated heterocycles. The number of amides is 1. The lowest BCUT2D eigenvalue weighted by Crippen LogP contribution is -2.41. The van der Waals surface area contributed by atoms with Crippen molar-refractivity contribution in [1.82, 2.24) is 15.0 Å². The molecule has 0 N–H and O–H groups in total. The smallest absolute Gasteiger partial charge is 0.264 e. The Morgan fingerprint density at radius 1 is 1.28 bits per heavy atom. The third-order valence-electron chi connectivity index (χ3n) is 5.21. The number of likely N-dealkylation sites (tertiary alicyclic amines) is 1. The van der Waals surface area contributed by atoms with Crippen molar-refractivity contribution in [2.45, 2.75) is 50.2 Å². The van der Waals surface area contributed by atoms with Crippen molar-refractivity contribution in [1.29, 1.82) is 0 Å². The fraction of sp³-hybridized carbons (Fsp3) is 0.500. The SMILES string of the molecule is O=C([C@H]1Cc2cccc(F)c2O1)N1CCC[C@H]1c1noc(C2CC2)n1. The summed E-state index contributed by atoms with van der Waals surface area (Å²) in [6.07, 6.45) is 3.60. The van der Waals surface area contributed by atoms with Crippen molar-refractivity contribution >= 4 is 5.91 Å². The lowest BCUT2D eigenvalue weighted by Gasteiger charge is -2.25. The molecular formula is C18H18FN3O3. The van der Waals surface area contributed by atoms with E-state index in [1.807, 2.05) is 0 Å². The number of hydrogen-bond donors (Lipinski definition) is 0. The van der Waals surface area contributed by atoms with Crippen molar-refractivity contribution in [2.75, 3.05) is 6.54 Å². The summed E-state index contributed by atoms with van der Waals surface area (Å²) in [6, 6.07) is 4.61. The van der Waals surface area contributed by atoms with Crippen LogP contribution in [0.2, 0.25) is 0 Å². The lowest BCUT2D eigenvalue weighted by molar-refractivity contribution is -0.139. The summed E-state index contributed by atoms with van der Waals surface area (Å²) in [4.78, 5) is 19.2. The number of aromatic nitrogens is 2. The van der Waals surface area contributed by atoms with Crippen LogP contribution in [0.5, 0.6) is 5.75 Å². The minimum Gasteiger partial charge on any atom is -0.477 e. The van der Waals surface area contributed by atoms with Crippen molar-refractivity contribution in [3.8, 4) is 5.75 Å². The summed E-state index contributed by atoms with van der Waals surface area (Å²) in [7, 11) is 0. The Hall–Kier alpha value is -2.44. The van der Waals surface area contributed by atoms with Crippen LogP contribution >= 0.6 is 0 Å². The van der Waals surface area contributed by atoms with Gasteiger partial charge < -0.3 is 14.2 Å². The molecule has 3 heterocycles. The Bertz CT molecular complexity index is 833. The third kappa shape index (κ3) is 2.49. The number of rotatable bonds is 3. The molecule has 0 radical (unpaired) electrons. The second-order valence-corrected chi connectivity index (χ2v) is 6.99. The average Bonchev–Trinajstić information content (AvgIpc) is 3.06. The van der Waals surface area contributed by atoms with Crippen LogP contribution in [0.25, 0.3) is 0 Å². The van der Waals surface area contributed by atoms with Crippen LogP contribution in [-0.2, 0) is 11.2 Å². The summed E-state index contributed by atoms with van der Waals surface area (Å²) in [5.74, 6) is 1.30. The van der Waals surface area contributed by atoms with Gasteiger partial charge in [-0.05, 0) is 31.7 Å². The van der Waals surface area contributed by atoms with E-state index in [1.165, 1.54) is 6.07 Å². The van der Waals surface area contributed by atoms with E-state index >= 15 is 0 Å². The predicted octanol–water partition coefficient (Wildman–Crippen LogP) is 2.75. The van der Waals surface area contributed by atoms with Crippen LogP contribution in [-0.4, -0.2) is 33.6 Å². The molecule has 0 unspecified atom stereocenters. The standard InChI is InChI=1S/C18H18FN3O3/c19-12-4-1-3-11-9-14(24-15(11)12)18(23)22-8-2-5-13(22)16-20-17(25-21-16)10-6-7-10/h1,3-4,10,13-14H,2,5-9H2/t13-,14+/m0/s1. The average molecular weight is 343 g/mol. The molecule has 25 heavy (non-hydrogen) atoms. The molecule has 1 amide bonds. The molecule has 6 nitrogen and oxygen atoms in total. The van der Waals surface area contributed by atoms with Gasteiger partial charge in [-0.3, -0.25) is 4.79 Å². The molecule has 0 spiro atoms. The van der Waals surface area contributed by atoms with E-state index in [1.54, 1.807) is 17.0 Å². The Morgan fingerprint density at radius 3 is 2.96 bits per heavy atom.